The molecular weight excluding hydrogens is 232 g/mol. The highest BCUT2D eigenvalue weighted by molar-refractivity contribution is 5.73. The number of nitrogens with zero attached hydrogens (tertiary/aromatic N) is 1. The zero-order valence-electron chi connectivity index (χ0n) is 11.0. The molecule has 2 N–H and O–H groups in total. The van der Waals surface area contributed by atoms with Gasteiger partial charge in [-0.1, -0.05) is 17.7 Å². The van der Waals surface area contributed by atoms with Crippen LogP contribution in [-0.4, -0.2) is 22.5 Å². The van der Waals surface area contributed by atoms with Crippen LogP contribution in [0.25, 0.3) is 0 Å². The average Bonchev–Trinajstić information content (AvgIpc) is 2.24. The second-order valence-corrected chi connectivity index (χ2v) is 5.20. The molecule has 1 heterocycles. The summed E-state index contributed by atoms with van der Waals surface area (Å²) >= 11 is 0. The first-order valence-electron chi connectivity index (χ1n) is 5.83. The van der Waals surface area contributed by atoms with Gasteiger partial charge in [0, 0.05) is 0 Å². The average molecular weight is 250 g/mol. The standard InChI is InChI=1S/C13H18N2O3/c1-9-5-7-10(8-6-9)15-13(4,17)12(2,3)18-11(16)14-15/h5-8,17H,1-4H3,(H,14,16)/t13-/m1/s1. The number of nitrogens with one attached hydrogen (secondary N) is 1. The van der Waals surface area contributed by atoms with Gasteiger partial charge in [-0.15, -0.1) is 0 Å². The highest BCUT2D eigenvalue weighted by atomic mass is 16.6. The number of cyclic esters (lactones) is 1. The number of amides is 1. The fraction of sp³-hybridized carbons (Fsp3) is 0.462. The maximum Gasteiger partial charge on any atom is 0.426 e. The van der Waals surface area contributed by atoms with Crippen LogP contribution in [0.5, 0.6) is 0 Å². The van der Waals surface area contributed by atoms with Crippen LogP contribution in [-0.2, 0) is 4.74 Å². The van der Waals surface area contributed by atoms with Crippen molar-refractivity contribution >= 4 is 11.8 Å². The molecule has 1 aliphatic heterocycles. The first-order valence-corrected chi connectivity index (χ1v) is 5.83. The van der Waals surface area contributed by atoms with Crippen LogP contribution in [0.4, 0.5) is 10.5 Å². The Balaban J connectivity index is 2.41. The zero-order valence-corrected chi connectivity index (χ0v) is 11.0. The predicted molar refractivity (Wildman–Crippen MR) is 68.0 cm³/mol. The molecule has 98 valence electrons. The second kappa shape index (κ2) is 3.88. The van der Waals surface area contributed by atoms with Gasteiger partial charge in [-0.3, -0.25) is 0 Å². The van der Waals surface area contributed by atoms with Gasteiger partial charge in [0.1, 0.15) is 0 Å². The number of ether oxygens (including phenoxy) is 1. The molecule has 1 aliphatic rings. The van der Waals surface area contributed by atoms with Gasteiger partial charge in [0.15, 0.2) is 11.3 Å². The molecule has 0 aliphatic carbocycles. The van der Waals surface area contributed by atoms with Crippen molar-refractivity contribution in [1.29, 1.82) is 0 Å². The van der Waals surface area contributed by atoms with Gasteiger partial charge in [0.05, 0.1) is 5.69 Å². The number of hydrazine groups is 1. The van der Waals surface area contributed by atoms with E-state index >= 15 is 0 Å². The zero-order chi connectivity index (χ0) is 13.6. The van der Waals surface area contributed by atoms with Gasteiger partial charge in [0.25, 0.3) is 0 Å². The number of carbonyl (C=O) groups is 1. The molecule has 1 amide bonds. The molecule has 0 unspecified atom stereocenters. The SMILES string of the molecule is Cc1ccc(N2NC(=O)OC(C)(C)[C@@]2(C)O)cc1. The molecule has 0 spiro atoms. The lowest BCUT2D eigenvalue weighted by Crippen LogP contribution is -2.72. The third-order valence-corrected chi connectivity index (χ3v) is 3.42. The molecule has 0 radical (unpaired) electrons. The Morgan fingerprint density at radius 2 is 1.78 bits per heavy atom. The Morgan fingerprint density at radius 3 is 2.33 bits per heavy atom. The summed E-state index contributed by atoms with van der Waals surface area (Å²) in [5.74, 6) is 0. The minimum Gasteiger partial charge on any atom is -0.437 e. The number of hydrogen-bond donors (Lipinski definition) is 2. The van der Waals surface area contributed by atoms with Crippen LogP contribution in [0.15, 0.2) is 24.3 Å². The molecule has 1 saturated heterocycles. The molecule has 2 rings (SSSR count). The highest BCUT2D eigenvalue weighted by Gasteiger charge is 2.52. The maximum atomic E-state index is 11.5. The molecule has 1 aromatic carbocycles. The lowest BCUT2D eigenvalue weighted by atomic mass is 9.94. The molecule has 1 aromatic rings. The first kappa shape index (κ1) is 12.7. The minimum atomic E-state index is -1.35. The molecule has 0 aromatic heterocycles. The van der Waals surface area contributed by atoms with Crippen LogP contribution in [0.3, 0.4) is 0 Å². The van der Waals surface area contributed by atoms with E-state index in [2.05, 4.69) is 5.43 Å². The topological polar surface area (TPSA) is 61.8 Å². The summed E-state index contributed by atoms with van der Waals surface area (Å²) in [5.41, 5.74) is 1.97. The van der Waals surface area contributed by atoms with E-state index < -0.39 is 17.4 Å². The number of aryl methyl sites for hydroxylation is 1. The summed E-state index contributed by atoms with van der Waals surface area (Å²) in [6.07, 6.45) is -0.577. The van der Waals surface area contributed by atoms with Crippen LogP contribution in [0, 0.1) is 6.92 Å². The third-order valence-electron chi connectivity index (χ3n) is 3.42. The smallest absolute Gasteiger partial charge is 0.426 e. The fourth-order valence-electron chi connectivity index (χ4n) is 1.83. The van der Waals surface area contributed by atoms with Gasteiger partial charge in [-0.05, 0) is 39.8 Å². The second-order valence-electron chi connectivity index (χ2n) is 5.20. The Bertz CT molecular complexity index is 466. The van der Waals surface area contributed by atoms with Crippen LogP contribution < -0.4 is 10.4 Å². The number of hydrogen-bond acceptors (Lipinski definition) is 4. The van der Waals surface area contributed by atoms with Crippen molar-refractivity contribution in [1.82, 2.24) is 5.43 Å². The molecule has 1 fully saturated rings. The number of carbonyl (C=O) groups excluding carboxylic acids is 1. The van der Waals surface area contributed by atoms with E-state index in [4.69, 9.17) is 4.74 Å². The summed E-state index contributed by atoms with van der Waals surface area (Å²) in [5, 5.41) is 12.0. The van der Waals surface area contributed by atoms with Crippen molar-refractivity contribution in [2.45, 2.75) is 39.0 Å². The Hall–Kier alpha value is -1.75. The summed E-state index contributed by atoms with van der Waals surface area (Å²) in [7, 11) is 0. The van der Waals surface area contributed by atoms with E-state index in [0.29, 0.717) is 5.69 Å². The summed E-state index contributed by atoms with van der Waals surface area (Å²) in [6, 6.07) is 7.51. The molecule has 5 heteroatoms. The van der Waals surface area contributed by atoms with Crippen LogP contribution in [0.2, 0.25) is 0 Å². The summed E-state index contributed by atoms with van der Waals surface area (Å²) in [4.78, 5) is 11.5. The Labute approximate surface area is 106 Å². The molecule has 0 bridgehead atoms. The Morgan fingerprint density at radius 1 is 1.22 bits per heavy atom. The molecule has 1 atom stereocenters. The van der Waals surface area contributed by atoms with E-state index in [1.54, 1.807) is 20.8 Å². The normalized spacial score (nSPS) is 26.5. The third kappa shape index (κ3) is 1.90. The fourth-order valence-corrected chi connectivity index (χ4v) is 1.83. The van der Waals surface area contributed by atoms with E-state index in [1.807, 2.05) is 31.2 Å². The lowest BCUT2D eigenvalue weighted by Gasteiger charge is -2.50. The number of benzene rings is 1. The van der Waals surface area contributed by atoms with Crippen molar-refractivity contribution in [3.8, 4) is 0 Å². The first-order chi connectivity index (χ1) is 8.24. The van der Waals surface area contributed by atoms with Crippen molar-refractivity contribution < 1.29 is 14.6 Å². The van der Waals surface area contributed by atoms with Crippen molar-refractivity contribution in [2.24, 2.45) is 0 Å². The van der Waals surface area contributed by atoms with Gasteiger partial charge in [-0.2, -0.15) is 0 Å². The molecule has 0 saturated carbocycles. The number of anilines is 1. The van der Waals surface area contributed by atoms with Gasteiger partial charge in [0.2, 0.25) is 0 Å². The lowest BCUT2D eigenvalue weighted by molar-refractivity contribution is -0.147. The summed E-state index contributed by atoms with van der Waals surface area (Å²) in [6.45, 7) is 6.93. The number of rotatable bonds is 1. The van der Waals surface area contributed by atoms with Gasteiger partial charge < -0.3 is 9.84 Å². The predicted octanol–water partition coefficient (Wildman–Crippen LogP) is 1.94. The molecule has 5 nitrogen and oxygen atoms in total. The molecular formula is C13H18N2O3. The molecule has 18 heavy (non-hydrogen) atoms. The van der Waals surface area contributed by atoms with Gasteiger partial charge in [-0.25, -0.2) is 15.2 Å². The monoisotopic (exact) mass is 250 g/mol. The van der Waals surface area contributed by atoms with Crippen molar-refractivity contribution in [3.05, 3.63) is 29.8 Å². The highest BCUT2D eigenvalue weighted by Crippen LogP contribution is 2.34. The summed E-state index contributed by atoms with van der Waals surface area (Å²) < 4.78 is 5.12. The van der Waals surface area contributed by atoms with E-state index in [-0.39, 0.29) is 0 Å². The quantitative estimate of drug-likeness (QED) is 0.799. The van der Waals surface area contributed by atoms with E-state index in [0.717, 1.165) is 5.56 Å². The Kier molecular flexibility index (Phi) is 2.74. The largest absolute Gasteiger partial charge is 0.437 e. The van der Waals surface area contributed by atoms with Crippen LogP contribution in [0.1, 0.15) is 26.3 Å². The number of aliphatic hydroxyl groups is 1. The van der Waals surface area contributed by atoms with E-state index in [1.165, 1.54) is 5.01 Å². The van der Waals surface area contributed by atoms with Crippen molar-refractivity contribution in [2.75, 3.05) is 5.01 Å². The van der Waals surface area contributed by atoms with Crippen molar-refractivity contribution in [3.63, 3.8) is 0 Å². The minimum absolute atomic E-state index is 0.577. The maximum absolute atomic E-state index is 11.5. The van der Waals surface area contributed by atoms with E-state index in [9.17, 15) is 9.90 Å². The van der Waals surface area contributed by atoms with Crippen LogP contribution >= 0.6 is 0 Å². The van der Waals surface area contributed by atoms with Gasteiger partial charge >= 0.3 is 6.09 Å².